The Bertz CT molecular complexity index is 777. The topological polar surface area (TPSA) is 80.0 Å². The summed E-state index contributed by atoms with van der Waals surface area (Å²) in [5, 5.41) is 4.19. The van der Waals surface area contributed by atoms with Crippen molar-refractivity contribution in [2.24, 2.45) is 11.0 Å². The molecule has 7 nitrogen and oxygen atoms in total. The molecule has 0 aliphatic carbocycles. The maximum absolute atomic E-state index is 11.4. The molecule has 1 fully saturated rings. The van der Waals surface area contributed by atoms with Crippen molar-refractivity contribution in [1.29, 1.82) is 0 Å². The third-order valence-electron chi connectivity index (χ3n) is 4.21. The monoisotopic (exact) mass is 314 g/mol. The highest BCUT2D eigenvalue weighted by Gasteiger charge is 2.23. The fourth-order valence-electron chi connectivity index (χ4n) is 2.96. The highest BCUT2D eigenvalue weighted by molar-refractivity contribution is 6.07. The van der Waals surface area contributed by atoms with Crippen LogP contribution in [0.15, 0.2) is 27.7 Å². The van der Waals surface area contributed by atoms with Crippen molar-refractivity contribution in [1.82, 2.24) is 10.4 Å². The van der Waals surface area contributed by atoms with Gasteiger partial charge in [-0.05, 0) is 12.1 Å². The first kappa shape index (κ1) is 14.2. The highest BCUT2D eigenvalue weighted by atomic mass is 16.5. The molecule has 2 aliphatic heterocycles. The van der Waals surface area contributed by atoms with E-state index in [0.717, 1.165) is 35.5 Å². The van der Waals surface area contributed by atoms with Crippen LogP contribution in [-0.2, 0) is 9.53 Å². The number of oxazole rings is 1. The van der Waals surface area contributed by atoms with Crippen molar-refractivity contribution in [2.45, 2.75) is 13.3 Å². The average molecular weight is 314 g/mol. The number of fused-ring (bicyclic) bond motifs is 1. The number of hydrogen-bond acceptors (Lipinski definition) is 6. The summed E-state index contributed by atoms with van der Waals surface area (Å²) in [6.07, 6.45) is 0.451. The van der Waals surface area contributed by atoms with Gasteiger partial charge >= 0.3 is 0 Å². The molecule has 0 saturated carbocycles. The van der Waals surface area contributed by atoms with Crippen LogP contribution in [0.2, 0.25) is 0 Å². The molecule has 1 aromatic heterocycles. The number of aromatic nitrogens is 1. The number of carbonyl (C=O) groups is 1. The molecule has 2 aromatic rings. The Hall–Kier alpha value is -2.41. The Kier molecular flexibility index (Phi) is 3.49. The normalized spacial score (nSPS) is 22.1. The first-order chi connectivity index (χ1) is 11.2. The third-order valence-corrected chi connectivity index (χ3v) is 4.21. The van der Waals surface area contributed by atoms with Crippen LogP contribution in [0.25, 0.3) is 11.1 Å². The molecule has 1 N–H and O–H groups in total. The van der Waals surface area contributed by atoms with Crippen molar-refractivity contribution in [3.8, 4) is 0 Å². The second-order valence-electron chi connectivity index (χ2n) is 5.92. The molecular formula is C16H18N4O3. The van der Waals surface area contributed by atoms with E-state index in [9.17, 15) is 4.79 Å². The summed E-state index contributed by atoms with van der Waals surface area (Å²) in [6.45, 7) is 4.96. The summed E-state index contributed by atoms with van der Waals surface area (Å²) in [4.78, 5) is 18.0. The second-order valence-corrected chi connectivity index (χ2v) is 5.92. The van der Waals surface area contributed by atoms with Gasteiger partial charge < -0.3 is 14.1 Å². The van der Waals surface area contributed by atoms with Gasteiger partial charge in [0, 0.05) is 31.0 Å². The molecule has 1 unspecified atom stereocenters. The quantitative estimate of drug-likeness (QED) is 0.909. The number of carbonyl (C=O) groups excluding carboxylic acids is 1. The minimum Gasteiger partial charge on any atom is -0.423 e. The van der Waals surface area contributed by atoms with Crippen LogP contribution < -0.4 is 10.3 Å². The van der Waals surface area contributed by atoms with Crippen molar-refractivity contribution in [3.63, 3.8) is 0 Å². The molecule has 2 aliphatic rings. The van der Waals surface area contributed by atoms with Gasteiger partial charge in [-0.15, -0.1) is 0 Å². The lowest BCUT2D eigenvalue weighted by Crippen LogP contribution is -2.36. The van der Waals surface area contributed by atoms with Crippen molar-refractivity contribution in [2.75, 3.05) is 31.2 Å². The Labute approximate surface area is 133 Å². The van der Waals surface area contributed by atoms with Crippen LogP contribution in [0.1, 0.15) is 18.9 Å². The first-order valence-electron chi connectivity index (χ1n) is 7.81. The van der Waals surface area contributed by atoms with E-state index in [1.165, 1.54) is 0 Å². The number of rotatable bonds is 2. The number of benzene rings is 1. The van der Waals surface area contributed by atoms with Gasteiger partial charge in [-0.1, -0.05) is 13.0 Å². The molecule has 3 heterocycles. The number of nitrogens with zero attached hydrogens (tertiary/aromatic N) is 3. The number of morpholine rings is 1. The van der Waals surface area contributed by atoms with Gasteiger partial charge in [0.25, 0.3) is 6.01 Å². The van der Waals surface area contributed by atoms with E-state index in [1.807, 2.05) is 25.1 Å². The summed E-state index contributed by atoms with van der Waals surface area (Å²) in [5.41, 5.74) is 5.93. The third kappa shape index (κ3) is 2.68. The van der Waals surface area contributed by atoms with Gasteiger partial charge in [0.05, 0.1) is 18.9 Å². The standard InChI is InChI=1S/C16H18N4O3/c1-10-8-14(21)18-19-15(10)11-2-3-12-13(9-11)23-16(17-12)20-4-6-22-7-5-20/h2-3,9-10H,4-8H2,1H3,(H,18,21). The fraction of sp³-hybridized carbons (Fsp3) is 0.438. The summed E-state index contributed by atoms with van der Waals surface area (Å²) < 4.78 is 11.3. The fourth-order valence-corrected chi connectivity index (χ4v) is 2.96. The van der Waals surface area contributed by atoms with Gasteiger partial charge in [0.15, 0.2) is 5.58 Å². The molecular weight excluding hydrogens is 296 g/mol. The Morgan fingerprint density at radius 3 is 2.91 bits per heavy atom. The number of amides is 1. The zero-order valence-corrected chi connectivity index (χ0v) is 12.9. The van der Waals surface area contributed by atoms with Crippen molar-refractivity contribution >= 4 is 28.7 Å². The Morgan fingerprint density at radius 2 is 2.13 bits per heavy atom. The Balaban J connectivity index is 1.66. The van der Waals surface area contributed by atoms with Crippen LogP contribution >= 0.6 is 0 Å². The molecule has 4 rings (SSSR count). The van der Waals surface area contributed by atoms with E-state index >= 15 is 0 Å². The van der Waals surface area contributed by atoms with Crippen LogP contribution in [0.4, 0.5) is 6.01 Å². The zero-order valence-electron chi connectivity index (χ0n) is 12.9. The number of hydrogen-bond donors (Lipinski definition) is 1. The Morgan fingerprint density at radius 1 is 1.30 bits per heavy atom. The molecule has 23 heavy (non-hydrogen) atoms. The van der Waals surface area contributed by atoms with Gasteiger partial charge in [-0.3, -0.25) is 4.79 Å². The number of anilines is 1. The summed E-state index contributed by atoms with van der Waals surface area (Å²) in [7, 11) is 0. The van der Waals surface area contributed by atoms with Gasteiger partial charge in [-0.25, -0.2) is 5.43 Å². The lowest BCUT2D eigenvalue weighted by molar-refractivity contribution is -0.121. The van der Waals surface area contributed by atoms with Gasteiger partial charge in [0.2, 0.25) is 5.91 Å². The molecule has 0 radical (unpaired) electrons. The highest BCUT2D eigenvalue weighted by Crippen LogP contribution is 2.25. The molecule has 1 saturated heterocycles. The largest absolute Gasteiger partial charge is 0.423 e. The maximum Gasteiger partial charge on any atom is 0.298 e. The summed E-state index contributed by atoms with van der Waals surface area (Å²) >= 11 is 0. The van der Waals surface area contributed by atoms with Crippen molar-refractivity contribution in [3.05, 3.63) is 23.8 Å². The van der Waals surface area contributed by atoms with Crippen LogP contribution in [-0.4, -0.2) is 42.9 Å². The van der Waals surface area contributed by atoms with Crippen molar-refractivity contribution < 1.29 is 13.9 Å². The van der Waals surface area contributed by atoms with Crippen LogP contribution in [0, 0.1) is 5.92 Å². The van der Waals surface area contributed by atoms with E-state index in [1.54, 1.807) is 0 Å². The second kappa shape index (κ2) is 5.66. The number of hydrazone groups is 1. The number of nitrogens with one attached hydrogen (secondary N) is 1. The van der Waals surface area contributed by atoms with E-state index in [2.05, 4.69) is 20.4 Å². The van der Waals surface area contributed by atoms with Gasteiger partial charge in [-0.2, -0.15) is 10.1 Å². The lowest BCUT2D eigenvalue weighted by atomic mass is 9.94. The number of ether oxygens (including phenoxy) is 1. The molecule has 1 aromatic carbocycles. The molecule has 7 heteroatoms. The molecule has 0 bridgehead atoms. The minimum absolute atomic E-state index is 0.0448. The van der Waals surface area contributed by atoms with E-state index in [4.69, 9.17) is 9.15 Å². The van der Waals surface area contributed by atoms with E-state index in [0.29, 0.717) is 25.6 Å². The predicted molar refractivity (Wildman–Crippen MR) is 85.5 cm³/mol. The molecule has 120 valence electrons. The SMILES string of the molecule is CC1CC(=O)NN=C1c1ccc2nc(N3CCOCC3)oc2c1. The lowest BCUT2D eigenvalue weighted by Gasteiger charge is -2.24. The van der Waals surface area contributed by atoms with Crippen LogP contribution in [0.3, 0.4) is 0 Å². The summed E-state index contributed by atoms with van der Waals surface area (Å²) in [6, 6.07) is 6.48. The average Bonchev–Trinajstić information content (AvgIpc) is 2.99. The van der Waals surface area contributed by atoms with E-state index in [-0.39, 0.29) is 11.8 Å². The predicted octanol–water partition coefficient (Wildman–Crippen LogP) is 1.52. The molecule has 0 spiro atoms. The van der Waals surface area contributed by atoms with Gasteiger partial charge in [0.1, 0.15) is 5.52 Å². The smallest absolute Gasteiger partial charge is 0.298 e. The molecule has 1 amide bonds. The summed E-state index contributed by atoms with van der Waals surface area (Å²) in [5.74, 6) is 0.0411. The van der Waals surface area contributed by atoms with Crippen LogP contribution in [0.5, 0.6) is 0 Å². The minimum atomic E-state index is -0.0448. The zero-order chi connectivity index (χ0) is 15.8. The van der Waals surface area contributed by atoms with E-state index < -0.39 is 0 Å². The molecule has 1 atom stereocenters. The maximum atomic E-state index is 11.4. The first-order valence-corrected chi connectivity index (χ1v) is 7.81.